The molecule has 0 saturated heterocycles. The van der Waals surface area contributed by atoms with Crippen LogP contribution in [0.5, 0.6) is 0 Å². The molecule has 23 heavy (non-hydrogen) atoms. The average molecular weight is 306 g/mol. The number of para-hydroxylation sites is 1. The molecule has 2 aromatic rings. The van der Waals surface area contributed by atoms with E-state index < -0.39 is 0 Å². The third-order valence-corrected chi connectivity index (χ3v) is 3.93. The molecule has 0 saturated carbocycles. The van der Waals surface area contributed by atoms with Crippen molar-refractivity contribution < 1.29 is 0 Å². The third-order valence-electron chi connectivity index (χ3n) is 3.93. The second-order valence-corrected chi connectivity index (χ2v) is 6.28. The summed E-state index contributed by atoms with van der Waals surface area (Å²) in [6, 6.07) is 8.35. The molecule has 2 radical (unpaired) electrons. The van der Waals surface area contributed by atoms with Gasteiger partial charge in [-0.2, -0.15) is 0 Å². The minimum Gasteiger partial charge on any atom is -0.314 e. The zero-order chi connectivity index (χ0) is 16.4. The van der Waals surface area contributed by atoms with Gasteiger partial charge in [0, 0.05) is 24.8 Å². The van der Waals surface area contributed by atoms with Gasteiger partial charge in [-0.15, -0.1) is 0 Å². The summed E-state index contributed by atoms with van der Waals surface area (Å²) in [4.78, 5) is 12.4. The number of anilines is 2. The Morgan fingerprint density at radius 2 is 1.39 bits per heavy atom. The first-order valence-corrected chi connectivity index (χ1v) is 8.01. The Morgan fingerprint density at radius 3 is 1.96 bits per heavy atom. The van der Waals surface area contributed by atoms with Gasteiger partial charge in [-0.3, -0.25) is 4.90 Å². The Kier molecular flexibility index (Phi) is 4.33. The van der Waals surface area contributed by atoms with Gasteiger partial charge in [0.05, 0.1) is 5.69 Å². The molecule has 4 nitrogen and oxygen atoms in total. The highest BCUT2D eigenvalue weighted by atomic mass is 15.4. The van der Waals surface area contributed by atoms with Gasteiger partial charge in [0.1, 0.15) is 0 Å². The monoisotopic (exact) mass is 306 g/mol. The zero-order valence-corrected chi connectivity index (χ0v) is 14.1. The summed E-state index contributed by atoms with van der Waals surface area (Å²) in [5.74, 6) is 1.52. The fourth-order valence-corrected chi connectivity index (χ4v) is 2.76. The van der Waals surface area contributed by atoms with E-state index in [4.69, 9.17) is 0 Å². The summed E-state index contributed by atoms with van der Waals surface area (Å²) in [5, 5.41) is 0. The number of hydrogen-bond acceptors (Lipinski definition) is 4. The van der Waals surface area contributed by atoms with Gasteiger partial charge in [-0.1, -0.05) is 45.9 Å². The number of rotatable bonds is 4. The van der Waals surface area contributed by atoms with Crippen LogP contribution >= 0.6 is 0 Å². The van der Waals surface area contributed by atoms with E-state index in [-0.39, 0.29) is 0 Å². The lowest BCUT2D eigenvalue weighted by Gasteiger charge is -2.26. The molecule has 0 bridgehead atoms. The maximum atomic E-state index is 4.28. The lowest BCUT2D eigenvalue weighted by molar-refractivity contribution is 0.826. The lowest BCUT2D eigenvalue weighted by atomic mass is 9.92. The van der Waals surface area contributed by atoms with Gasteiger partial charge in [-0.05, 0) is 29.0 Å². The van der Waals surface area contributed by atoms with E-state index in [2.05, 4.69) is 67.4 Å². The molecular weight excluding hydrogens is 284 g/mol. The summed E-state index contributed by atoms with van der Waals surface area (Å²) in [5.41, 5.74) is 3.86. The van der Waals surface area contributed by atoms with Gasteiger partial charge in [0.2, 0.25) is 12.6 Å². The van der Waals surface area contributed by atoms with Crippen molar-refractivity contribution in [2.75, 3.05) is 9.80 Å². The molecule has 0 N–H and O–H groups in total. The molecule has 1 aliphatic heterocycles. The quantitative estimate of drug-likeness (QED) is 0.831. The van der Waals surface area contributed by atoms with Crippen molar-refractivity contribution in [1.29, 1.82) is 0 Å². The number of aromatic nitrogens is 2. The van der Waals surface area contributed by atoms with Crippen LogP contribution in [0.3, 0.4) is 0 Å². The van der Waals surface area contributed by atoms with Crippen LogP contribution in [0.15, 0.2) is 49.1 Å². The Labute approximate surface area is 138 Å². The van der Waals surface area contributed by atoms with Crippen LogP contribution < -0.4 is 9.80 Å². The molecule has 1 aromatic heterocycles. The van der Waals surface area contributed by atoms with E-state index in [0.717, 1.165) is 0 Å². The summed E-state index contributed by atoms with van der Waals surface area (Å²) in [6.07, 6.45) is 7.43. The smallest absolute Gasteiger partial charge is 0.231 e. The topological polar surface area (TPSA) is 32.3 Å². The van der Waals surface area contributed by atoms with Crippen LogP contribution in [0, 0.1) is 6.67 Å². The van der Waals surface area contributed by atoms with Crippen LogP contribution in [0.1, 0.15) is 50.7 Å². The van der Waals surface area contributed by atoms with Gasteiger partial charge in [0.15, 0.2) is 0 Å². The van der Waals surface area contributed by atoms with E-state index in [1.165, 1.54) is 16.8 Å². The maximum absolute atomic E-state index is 4.28. The van der Waals surface area contributed by atoms with Crippen molar-refractivity contribution in [3.63, 3.8) is 0 Å². The van der Waals surface area contributed by atoms with E-state index >= 15 is 0 Å². The van der Waals surface area contributed by atoms with Crippen molar-refractivity contribution >= 4 is 11.6 Å². The summed E-state index contributed by atoms with van der Waals surface area (Å²) in [6.45, 7) is 12.2. The fourth-order valence-electron chi connectivity index (χ4n) is 2.76. The Balaban J connectivity index is 1.95. The summed E-state index contributed by atoms with van der Waals surface area (Å²) >= 11 is 0. The average Bonchev–Trinajstić information content (AvgIpc) is 3.04. The van der Waals surface area contributed by atoms with Crippen LogP contribution in [-0.4, -0.2) is 9.97 Å². The number of nitrogens with zero attached hydrogens (tertiary/aromatic N) is 4. The highest BCUT2D eigenvalue weighted by Gasteiger charge is 2.25. The predicted octanol–water partition coefficient (Wildman–Crippen LogP) is 4.52. The lowest BCUT2D eigenvalue weighted by Crippen LogP contribution is -2.22. The highest BCUT2D eigenvalue weighted by Crippen LogP contribution is 2.38. The Hall–Kier alpha value is -2.36. The molecule has 0 unspecified atom stereocenters. The van der Waals surface area contributed by atoms with Crippen LogP contribution in [0.2, 0.25) is 0 Å². The van der Waals surface area contributed by atoms with Crippen molar-refractivity contribution in [2.24, 2.45) is 0 Å². The zero-order valence-electron chi connectivity index (χ0n) is 14.1. The number of benzene rings is 1. The summed E-state index contributed by atoms with van der Waals surface area (Å²) in [7, 11) is 0. The van der Waals surface area contributed by atoms with Crippen LogP contribution in [-0.2, 0) is 0 Å². The molecule has 4 heteroatoms. The molecular formula is C19H22N4. The molecule has 0 spiro atoms. The molecule has 0 atom stereocenters. The second-order valence-electron chi connectivity index (χ2n) is 6.28. The van der Waals surface area contributed by atoms with Gasteiger partial charge in [0.25, 0.3) is 0 Å². The van der Waals surface area contributed by atoms with Crippen molar-refractivity contribution in [3.05, 3.63) is 66.9 Å². The molecule has 3 rings (SSSR count). The summed E-state index contributed by atoms with van der Waals surface area (Å²) < 4.78 is 0. The standard InChI is InChI=1S/C19H22N4/c1-14(2)16-7-5-8-17(15(3)4)18(16)22-11-12-23(13-22)19-20-9-6-10-21-19/h5-12,14-15H,1-4H3. The molecule has 0 aliphatic carbocycles. The van der Waals surface area contributed by atoms with Gasteiger partial charge < -0.3 is 4.90 Å². The predicted molar refractivity (Wildman–Crippen MR) is 94.0 cm³/mol. The van der Waals surface area contributed by atoms with Crippen LogP contribution in [0.25, 0.3) is 0 Å². The first-order valence-electron chi connectivity index (χ1n) is 8.01. The molecule has 2 heterocycles. The van der Waals surface area contributed by atoms with E-state index in [9.17, 15) is 0 Å². The normalized spacial score (nSPS) is 14.3. The molecule has 0 amide bonds. The first kappa shape index (κ1) is 15.5. The number of hydrogen-bond donors (Lipinski definition) is 0. The maximum Gasteiger partial charge on any atom is 0.231 e. The highest BCUT2D eigenvalue weighted by molar-refractivity contribution is 5.68. The van der Waals surface area contributed by atoms with E-state index in [0.29, 0.717) is 17.8 Å². The molecule has 118 valence electrons. The largest absolute Gasteiger partial charge is 0.314 e. The first-order chi connectivity index (χ1) is 11.1. The molecule has 1 aliphatic rings. The van der Waals surface area contributed by atoms with Gasteiger partial charge >= 0.3 is 0 Å². The van der Waals surface area contributed by atoms with Gasteiger partial charge in [-0.25, -0.2) is 9.97 Å². The Morgan fingerprint density at radius 1 is 0.826 bits per heavy atom. The Bertz CT molecular complexity index is 666. The molecule has 0 fully saturated rings. The minimum atomic E-state index is 0.445. The van der Waals surface area contributed by atoms with Crippen LogP contribution in [0.4, 0.5) is 11.6 Å². The van der Waals surface area contributed by atoms with E-state index in [1.54, 1.807) is 12.4 Å². The van der Waals surface area contributed by atoms with Crippen molar-refractivity contribution in [2.45, 2.75) is 39.5 Å². The molecule has 1 aromatic carbocycles. The van der Waals surface area contributed by atoms with Crippen molar-refractivity contribution in [1.82, 2.24) is 9.97 Å². The van der Waals surface area contributed by atoms with E-state index in [1.807, 2.05) is 23.4 Å². The second kappa shape index (κ2) is 6.41. The van der Waals surface area contributed by atoms with Crippen molar-refractivity contribution in [3.8, 4) is 0 Å². The third kappa shape index (κ3) is 3.07. The fraction of sp³-hybridized carbons (Fsp3) is 0.316. The minimum absolute atomic E-state index is 0.445. The SMILES string of the molecule is CC(C)c1cccc(C(C)C)c1N1[C]N(c2ncccn2)C=C1.